The predicted octanol–water partition coefficient (Wildman–Crippen LogP) is 1.70. The van der Waals surface area contributed by atoms with Gasteiger partial charge in [0, 0.05) is 0 Å². The number of nitrogens with two attached hydrogens (primary N) is 1. The summed E-state index contributed by atoms with van der Waals surface area (Å²) in [6.45, 7) is 1.37. The monoisotopic (exact) mass is 230 g/mol. The van der Waals surface area contributed by atoms with Gasteiger partial charge in [0.2, 0.25) is 0 Å². The molecule has 15 heavy (non-hydrogen) atoms. The lowest BCUT2D eigenvalue weighted by molar-refractivity contribution is 0.0996. The molecule has 3 N–H and O–H groups in total. The molecule has 0 aliphatic heterocycles. The van der Waals surface area contributed by atoms with E-state index in [1.54, 1.807) is 0 Å². The Kier molecular flexibility index (Phi) is 3.26. The van der Waals surface area contributed by atoms with Crippen LogP contribution in [-0.2, 0) is 0 Å². The van der Waals surface area contributed by atoms with Crippen LogP contribution in [0.25, 0.3) is 0 Å². The molecule has 0 fully saturated rings. The molecular weight excluding hydrogens is 223 g/mol. The molecule has 0 heterocycles. The lowest BCUT2D eigenvalue weighted by Gasteiger charge is -2.03. The number of amidine groups is 1. The van der Waals surface area contributed by atoms with E-state index in [1.807, 2.05) is 0 Å². The van der Waals surface area contributed by atoms with E-state index >= 15 is 0 Å². The standard InChI is InChI=1S/C9H8ClFN2O2/c1-4(12)13-9(15)7-6(14)3-2-5(10)8(7)11/h2-3,14H,1H3,(H2,12,13,15). The number of hydrogen-bond donors (Lipinski definition) is 2. The Balaban J connectivity index is 3.31. The summed E-state index contributed by atoms with van der Waals surface area (Å²) >= 11 is 5.45. The number of aromatic hydroxyl groups is 1. The summed E-state index contributed by atoms with van der Waals surface area (Å²) in [5, 5.41) is 9.01. The number of nitrogens with zero attached hydrogens (tertiary/aromatic N) is 1. The molecule has 1 amide bonds. The number of phenolic OH excluding ortho intramolecular Hbond substituents is 1. The first-order valence-electron chi connectivity index (χ1n) is 3.95. The molecule has 0 unspecified atom stereocenters. The fourth-order valence-corrected chi connectivity index (χ4v) is 1.12. The van der Waals surface area contributed by atoms with Crippen molar-refractivity contribution in [3.8, 4) is 5.75 Å². The zero-order chi connectivity index (χ0) is 11.6. The lowest BCUT2D eigenvalue weighted by atomic mass is 10.2. The zero-order valence-electron chi connectivity index (χ0n) is 7.79. The Morgan fingerprint density at radius 2 is 2.20 bits per heavy atom. The lowest BCUT2D eigenvalue weighted by Crippen LogP contribution is -2.10. The first-order chi connectivity index (χ1) is 6.93. The summed E-state index contributed by atoms with van der Waals surface area (Å²) in [6, 6.07) is 2.25. The number of rotatable bonds is 1. The van der Waals surface area contributed by atoms with Gasteiger partial charge in [-0.25, -0.2) is 4.39 Å². The van der Waals surface area contributed by atoms with Crippen LogP contribution < -0.4 is 5.73 Å². The first kappa shape index (κ1) is 11.5. The van der Waals surface area contributed by atoms with E-state index in [9.17, 15) is 14.3 Å². The van der Waals surface area contributed by atoms with Crippen molar-refractivity contribution in [2.45, 2.75) is 6.92 Å². The predicted molar refractivity (Wildman–Crippen MR) is 54.7 cm³/mol. The van der Waals surface area contributed by atoms with Crippen molar-refractivity contribution in [1.29, 1.82) is 0 Å². The maximum absolute atomic E-state index is 13.3. The molecule has 80 valence electrons. The summed E-state index contributed by atoms with van der Waals surface area (Å²) < 4.78 is 13.3. The number of benzene rings is 1. The number of phenols is 1. The largest absolute Gasteiger partial charge is 0.507 e. The normalized spacial score (nSPS) is 11.5. The molecule has 0 bridgehead atoms. The molecule has 0 spiro atoms. The Hall–Kier alpha value is -1.62. The molecule has 0 aliphatic carbocycles. The molecule has 0 saturated carbocycles. The average molecular weight is 231 g/mol. The van der Waals surface area contributed by atoms with Gasteiger partial charge in [-0.3, -0.25) is 4.79 Å². The minimum Gasteiger partial charge on any atom is -0.507 e. The van der Waals surface area contributed by atoms with Crippen LogP contribution in [0.5, 0.6) is 5.75 Å². The minimum atomic E-state index is -1.01. The van der Waals surface area contributed by atoms with E-state index in [1.165, 1.54) is 6.92 Å². The highest BCUT2D eigenvalue weighted by Crippen LogP contribution is 2.26. The molecule has 0 saturated heterocycles. The SMILES string of the molecule is CC(N)=NC(=O)c1c(O)ccc(Cl)c1F. The van der Waals surface area contributed by atoms with Crippen molar-refractivity contribution in [3.63, 3.8) is 0 Å². The van der Waals surface area contributed by atoms with Crippen LogP contribution in [0.1, 0.15) is 17.3 Å². The van der Waals surface area contributed by atoms with E-state index in [4.69, 9.17) is 17.3 Å². The summed E-state index contributed by atoms with van der Waals surface area (Å²) in [7, 11) is 0. The summed E-state index contributed by atoms with van der Waals surface area (Å²) in [4.78, 5) is 14.6. The average Bonchev–Trinajstić information content (AvgIpc) is 2.11. The Morgan fingerprint density at radius 1 is 1.60 bits per heavy atom. The number of aliphatic imine (C=N–C) groups is 1. The van der Waals surface area contributed by atoms with Gasteiger partial charge < -0.3 is 10.8 Å². The van der Waals surface area contributed by atoms with Crippen LogP contribution in [0.15, 0.2) is 17.1 Å². The van der Waals surface area contributed by atoms with Gasteiger partial charge in [0.05, 0.1) is 5.02 Å². The summed E-state index contributed by atoms with van der Waals surface area (Å²) in [6.07, 6.45) is 0. The van der Waals surface area contributed by atoms with Gasteiger partial charge >= 0.3 is 0 Å². The van der Waals surface area contributed by atoms with Crippen LogP contribution in [0.3, 0.4) is 0 Å². The fourth-order valence-electron chi connectivity index (χ4n) is 0.960. The van der Waals surface area contributed by atoms with E-state index < -0.39 is 23.0 Å². The van der Waals surface area contributed by atoms with Gasteiger partial charge in [-0.2, -0.15) is 4.99 Å². The smallest absolute Gasteiger partial charge is 0.285 e. The molecule has 1 aromatic rings. The summed E-state index contributed by atoms with van der Waals surface area (Å²) in [5.74, 6) is -2.52. The second-order valence-corrected chi connectivity index (χ2v) is 3.22. The van der Waals surface area contributed by atoms with E-state index in [-0.39, 0.29) is 10.9 Å². The second kappa shape index (κ2) is 4.27. The van der Waals surface area contributed by atoms with Crippen LogP contribution in [0.2, 0.25) is 5.02 Å². The van der Waals surface area contributed by atoms with Crippen LogP contribution in [0.4, 0.5) is 4.39 Å². The van der Waals surface area contributed by atoms with Gasteiger partial charge in [-0.1, -0.05) is 11.6 Å². The highest BCUT2D eigenvalue weighted by molar-refractivity contribution is 6.31. The van der Waals surface area contributed by atoms with Crippen molar-refractivity contribution in [1.82, 2.24) is 0 Å². The number of amides is 1. The number of halogens is 2. The highest BCUT2D eigenvalue weighted by atomic mass is 35.5. The van der Waals surface area contributed by atoms with Crippen molar-refractivity contribution in [3.05, 3.63) is 28.5 Å². The van der Waals surface area contributed by atoms with Crippen molar-refractivity contribution >= 4 is 23.3 Å². The van der Waals surface area contributed by atoms with Gasteiger partial charge in [-0.15, -0.1) is 0 Å². The van der Waals surface area contributed by atoms with Crippen LogP contribution in [0, 0.1) is 5.82 Å². The quantitative estimate of drug-likeness (QED) is 0.570. The highest BCUT2D eigenvalue weighted by Gasteiger charge is 2.18. The molecular formula is C9H8ClFN2O2. The van der Waals surface area contributed by atoms with Crippen molar-refractivity contribution in [2.75, 3.05) is 0 Å². The molecule has 1 rings (SSSR count). The minimum absolute atomic E-state index is 0.0289. The first-order valence-corrected chi connectivity index (χ1v) is 4.33. The Labute approximate surface area is 90.2 Å². The second-order valence-electron chi connectivity index (χ2n) is 2.81. The summed E-state index contributed by atoms with van der Waals surface area (Å²) in [5.41, 5.74) is 4.58. The fraction of sp³-hybridized carbons (Fsp3) is 0.111. The third kappa shape index (κ3) is 2.44. The molecule has 0 aliphatic rings. The number of carbonyl (C=O) groups is 1. The van der Waals surface area contributed by atoms with Gasteiger partial charge in [-0.05, 0) is 19.1 Å². The number of carbonyl (C=O) groups excluding carboxylic acids is 1. The van der Waals surface area contributed by atoms with Gasteiger partial charge in [0.15, 0.2) is 5.82 Å². The Morgan fingerprint density at radius 3 is 2.73 bits per heavy atom. The third-order valence-electron chi connectivity index (χ3n) is 1.56. The molecule has 0 radical (unpaired) electrons. The third-order valence-corrected chi connectivity index (χ3v) is 1.86. The molecule has 6 heteroatoms. The topological polar surface area (TPSA) is 75.7 Å². The molecule has 0 aromatic heterocycles. The van der Waals surface area contributed by atoms with Gasteiger partial charge in [0.25, 0.3) is 5.91 Å². The van der Waals surface area contributed by atoms with Crippen molar-refractivity contribution < 1.29 is 14.3 Å². The Bertz CT molecular complexity index is 442. The maximum Gasteiger partial charge on any atom is 0.285 e. The van der Waals surface area contributed by atoms with Crippen molar-refractivity contribution in [2.24, 2.45) is 10.7 Å². The van der Waals surface area contributed by atoms with E-state index in [2.05, 4.69) is 4.99 Å². The maximum atomic E-state index is 13.3. The molecule has 1 aromatic carbocycles. The molecule has 0 atom stereocenters. The van der Waals surface area contributed by atoms with Crippen LogP contribution in [-0.4, -0.2) is 16.8 Å². The van der Waals surface area contributed by atoms with Gasteiger partial charge in [0.1, 0.15) is 17.1 Å². The van der Waals surface area contributed by atoms with Crippen LogP contribution >= 0.6 is 11.6 Å². The van der Waals surface area contributed by atoms with E-state index in [0.29, 0.717) is 0 Å². The van der Waals surface area contributed by atoms with E-state index in [0.717, 1.165) is 12.1 Å². The number of hydrogen-bond acceptors (Lipinski definition) is 2. The molecule has 4 nitrogen and oxygen atoms in total. The zero-order valence-corrected chi connectivity index (χ0v) is 8.55.